The second-order valence-corrected chi connectivity index (χ2v) is 7.62. The minimum Gasteiger partial charge on any atom is -0.393 e. The Morgan fingerprint density at radius 1 is 1.25 bits per heavy atom. The summed E-state index contributed by atoms with van der Waals surface area (Å²) < 4.78 is 0. The third-order valence-corrected chi connectivity index (χ3v) is 5.42. The van der Waals surface area contributed by atoms with Gasteiger partial charge in [-0.25, -0.2) is 0 Å². The molecule has 2 rings (SSSR count). The van der Waals surface area contributed by atoms with Crippen LogP contribution in [0.1, 0.15) is 47.0 Å². The Morgan fingerprint density at radius 2 is 1.80 bits per heavy atom. The topological polar surface area (TPSA) is 98.0 Å². The molecule has 116 valence electrons. The summed E-state index contributed by atoms with van der Waals surface area (Å²) in [4.78, 5) is 12.3. The van der Waals surface area contributed by atoms with Crippen molar-refractivity contribution in [2.45, 2.75) is 70.4 Å². The van der Waals surface area contributed by atoms with Crippen LogP contribution < -0.4 is 0 Å². The van der Waals surface area contributed by atoms with Crippen molar-refractivity contribution in [1.29, 1.82) is 0 Å². The number of Topliss-reactive ketones (excluding diaryl/α,β-unsaturated/α-hetero) is 1. The monoisotopic (exact) mass is 286 g/mol. The third-order valence-electron chi connectivity index (χ3n) is 5.42. The lowest BCUT2D eigenvalue weighted by Crippen LogP contribution is -2.67. The largest absolute Gasteiger partial charge is 0.393 e. The molecule has 4 N–H and O–H groups in total. The highest BCUT2D eigenvalue weighted by Crippen LogP contribution is 2.55. The van der Waals surface area contributed by atoms with Gasteiger partial charge in [-0.2, -0.15) is 0 Å². The fraction of sp³-hybridized carbons (Fsp3) is 0.933. The summed E-state index contributed by atoms with van der Waals surface area (Å²) >= 11 is 0. The first-order valence-electron chi connectivity index (χ1n) is 7.25. The highest BCUT2D eigenvalue weighted by atomic mass is 16.3. The third kappa shape index (κ3) is 2.21. The maximum Gasteiger partial charge on any atom is 0.139 e. The van der Waals surface area contributed by atoms with Crippen LogP contribution in [0.4, 0.5) is 0 Å². The van der Waals surface area contributed by atoms with Gasteiger partial charge in [0.25, 0.3) is 0 Å². The summed E-state index contributed by atoms with van der Waals surface area (Å²) in [5.74, 6) is -1.48. The van der Waals surface area contributed by atoms with Gasteiger partial charge in [0.05, 0.1) is 23.4 Å². The highest BCUT2D eigenvalue weighted by Gasteiger charge is 2.63. The Kier molecular flexibility index (Phi) is 3.58. The van der Waals surface area contributed by atoms with Gasteiger partial charge < -0.3 is 20.4 Å². The van der Waals surface area contributed by atoms with Gasteiger partial charge in [0.2, 0.25) is 0 Å². The number of ketones is 1. The van der Waals surface area contributed by atoms with E-state index in [0.29, 0.717) is 6.42 Å². The zero-order valence-electron chi connectivity index (χ0n) is 12.6. The van der Waals surface area contributed by atoms with E-state index >= 15 is 0 Å². The molecule has 2 unspecified atom stereocenters. The van der Waals surface area contributed by atoms with E-state index in [1.807, 2.05) is 0 Å². The molecule has 5 nitrogen and oxygen atoms in total. The number of fused-ring (bicyclic) bond motifs is 1. The predicted molar refractivity (Wildman–Crippen MR) is 72.9 cm³/mol. The van der Waals surface area contributed by atoms with Crippen molar-refractivity contribution in [3.8, 4) is 0 Å². The van der Waals surface area contributed by atoms with E-state index in [1.165, 1.54) is 13.8 Å². The van der Waals surface area contributed by atoms with Crippen molar-refractivity contribution in [1.82, 2.24) is 0 Å². The smallest absolute Gasteiger partial charge is 0.139 e. The molecule has 2 fully saturated rings. The first-order chi connectivity index (χ1) is 8.91. The van der Waals surface area contributed by atoms with E-state index in [1.54, 1.807) is 13.8 Å². The molecule has 0 aromatic rings. The minimum absolute atomic E-state index is 0.0266. The summed E-state index contributed by atoms with van der Waals surface area (Å²) in [6.07, 6.45) is -1.37. The van der Waals surface area contributed by atoms with E-state index < -0.39 is 40.7 Å². The van der Waals surface area contributed by atoms with E-state index in [9.17, 15) is 25.2 Å². The summed E-state index contributed by atoms with van der Waals surface area (Å²) in [5.41, 5.74) is -3.40. The molecule has 0 heterocycles. The molecule has 5 heteroatoms. The molecular formula is C15H26O5. The number of rotatable bonds is 1. The zero-order valence-corrected chi connectivity index (χ0v) is 12.6. The molecule has 0 bridgehead atoms. The average molecular weight is 286 g/mol. The maximum atomic E-state index is 12.3. The standard InChI is InChI=1S/C15H26O5/c1-13(2,19)10-8(16)7-14(3)9(17)5-6-15(4,20)12(14)11(10)18/h8,10-12,16,18-20H,5-7H2,1-4H3/t8-,10+,11?,12?,14-,15-/m0/s1. The summed E-state index contributed by atoms with van der Waals surface area (Å²) in [6, 6.07) is 0. The van der Waals surface area contributed by atoms with Gasteiger partial charge in [0.15, 0.2) is 0 Å². The quantitative estimate of drug-likeness (QED) is 0.553. The predicted octanol–water partition coefficient (Wildman–Crippen LogP) is 0.235. The number of aliphatic hydroxyl groups is 4. The molecule has 2 aliphatic rings. The lowest BCUT2D eigenvalue weighted by molar-refractivity contribution is -0.227. The Morgan fingerprint density at radius 3 is 2.30 bits per heavy atom. The Hall–Kier alpha value is -0.490. The van der Waals surface area contributed by atoms with Crippen LogP contribution in [0.2, 0.25) is 0 Å². The molecule has 0 aromatic heterocycles. The van der Waals surface area contributed by atoms with Crippen molar-refractivity contribution >= 4 is 5.78 Å². The number of carbonyl (C=O) groups excluding carboxylic acids is 1. The van der Waals surface area contributed by atoms with Crippen molar-refractivity contribution in [2.75, 3.05) is 0 Å². The molecule has 0 radical (unpaired) electrons. The second-order valence-electron chi connectivity index (χ2n) is 7.62. The lowest BCUT2D eigenvalue weighted by atomic mass is 9.50. The second kappa shape index (κ2) is 4.50. The van der Waals surface area contributed by atoms with Crippen molar-refractivity contribution in [3.63, 3.8) is 0 Å². The van der Waals surface area contributed by atoms with Crippen LogP contribution >= 0.6 is 0 Å². The van der Waals surface area contributed by atoms with Crippen molar-refractivity contribution < 1.29 is 25.2 Å². The van der Waals surface area contributed by atoms with E-state index in [4.69, 9.17) is 0 Å². The van der Waals surface area contributed by atoms with E-state index in [2.05, 4.69) is 0 Å². The summed E-state index contributed by atoms with van der Waals surface area (Å²) in [5, 5.41) is 41.8. The fourth-order valence-electron chi connectivity index (χ4n) is 4.54. The van der Waals surface area contributed by atoms with Crippen molar-refractivity contribution in [3.05, 3.63) is 0 Å². The van der Waals surface area contributed by atoms with Crippen molar-refractivity contribution in [2.24, 2.45) is 17.3 Å². The molecule has 0 aromatic carbocycles. The highest BCUT2D eigenvalue weighted by molar-refractivity contribution is 5.86. The molecular weight excluding hydrogens is 260 g/mol. The number of aliphatic hydroxyl groups excluding tert-OH is 2. The SMILES string of the molecule is CC(C)(O)[C@H]1C(O)C2[C@@](C)(O)CCC(=O)[C@]2(C)C[C@@H]1O. The zero-order chi connectivity index (χ0) is 15.5. The first-order valence-corrected chi connectivity index (χ1v) is 7.25. The molecule has 0 saturated heterocycles. The van der Waals surface area contributed by atoms with Crippen LogP contribution in [0.15, 0.2) is 0 Å². The van der Waals surface area contributed by atoms with Gasteiger partial charge >= 0.3 is 0 Å². The molecule has 0 spiro atoms. The van der Waals surface area contributed by atoms with Crippen LogP contribution in [0.5, 0.6) is 0 Å². The number of carbonyl (C=O) groups is 1. The van der Waals surface area contributed by atoms with Gasteiger partial charge in [-0.05, 0) is 33.6 Å². The summed E-state index contributed by atoms with van der Waals surface area (Å²) in [7, 11) is 0. The summed E-state index contributed by atoms with van der Waals surface area (Å²) in [6.45, 7) is 6.41. The van der Waals surface area contributed by atoms with Gasteiger partial charge in [-0.1, -0.05) is 6.92 Å². The molecule has 2 aliphatic carbocycles. The fourth-order valence-corrected chi connectivity index (χ4v) is 4.54. The van der Waals surface area contributed by atoms with Crippen LogP contribution in [-0.2, 0) is 4.79 Å². The van der Waals surface area contributed by atoms with Crippen LogP contribution in [0, 0.1) is 17.3 Å². The maximum absolute atomic E-state index is 12.3. The molecule has 2 saturated carbocycles. The Labute approximate surface area is 119 Å². The average Bonchev–Trinajstić information content (AvgIpc) is 2.20. The molecule has 0 amide bonds. The van der Waals surface area contributed by atoms with Crippen LogP contribution in [0.3, 0.4) is 0 Å². The number of hydrogen-bond donors (Lipinski definition) is 4. The van der Waals surface area contributed by atoms with Gasteiger partial charge in [0.1, 0.15) is 5.78 Å². The van der Waals surface area contributed by atoms with Crippen LogP contribution in [-0.4, -0.2) is 49.6 Å². The molecule has 20 heavy (non-hydrogen) atoms. The normalized spacial score (nSPS) is 49.9. The van der Waals surface area contributed by atoms with E-state index in [-0.39, 0.29) is 18.6 Å². The Balaban J connectivity index is 2.47. The lowest BCUT2D eigenvalue weighted by Gasteiger charge is -2.58. The molecule has 6 atom stereocenters. The Bertz CT molecular complexity index is 411. The van der Waals surface area contributed by atoms with Gasteiger partial charge in [-0.3, -0.25) is 4.79 Å². The number of hydrogen-bond acceptors (Lipinski definition) is 5. The minimum atomic E-state index is -1.28. The van der Waals surface area contributed by atoms with Gasteiger partial charge in [-0.15, -0.1) is 0 Å². The molecule has 0 aliphatic heterocycles. The first kappa shape index (κ1) is 15.9. The van der Waals surface area contributed by atoms with Gasteiger partial charge in [0, 0.05) is 23.7 Å². The van der Waals surface area contributed by atoms with E-state index in [0.717, 1.165) is 0 Å². The van der Waals surface area contributed by atoms with Crippen LogP contribution in [0.25, 0.3) is 0 Å².